The molecule has 1 rings (SSSR count). The highest BCUT2D eigenvalue weighted by Crippen LogP contribution is 2.23. The summed E-state index contributed by atoms with van der Waals surface area (Å²) in [5.74, 6) is 1.60. The van der Waals surface area contributed by atoms with Gasteiger partial charge < -0.3 is 10.6 Å². The molecule has 1 aromatic rings. The molecule has 0 aromatic carbocycles. The molecule has 0 saturated carbocycles. The molecule has 0 fully saturated rings. The van der Waals surface area contributed by atoms with Crippen LogP contribution in [-0.2, 0) is 5.41 Å². The van der Waals surface area contributed by atoms with Crippen molar-refractivity contribution in [3.63, 3.8) is 0 Å². The zero-order chi connectivity index (χ0) is 14.5. The third-order valence-corrected chi connectivity index (χ3v) is 3.32. The molecule has 4 nitrogen and oxygen atoms in total. The molecule has 0 saturated heterocycles. The second-order valence-corrected chi connectivity index (χ2v) is 6.36. The SMILES string of the molecule is CNc1cc(C(=O)NCCSC)cc(C(C)(C)C)n1. The number of amides is 1. The Balaban J connectivity index is 2.97. The molecular weight excluding hydrogens is 258 g/mol. The molecule has 1 heterocycles. The normalized spacial score (nSPS) is 11.2. The lowest BCUT2D eigenvalue weighted by Gasteiger charge is -2.19. The molecule has 106 valence electrons. The van der Waals surface area contributed by atoms with Crippen LogP contribution in [0.2, 0.25) is 0 Å². The highest BCUT2D eigenvalue weighted by Gasteiger charge is 2.18. The van der Waals surface area contributed by atoms with Crippen LogP contribution in [0.4, 0.5) is 5.82 Å². The molecule has 0 aliphatic heterocycles. The summed E-state index contributed by atoms with van der Waals surface area (Å²) in [5, 5.41) is 5.92. The van der Waals surface area contributed by atoms with Gasteiger partial charge in [-0.25, -0.2) is 4.98 Å². The highest BCUT2D eigenvalue weighted by molar-refractivity contribution is 7.98. The standard InChI is InChI=1S/C14H23N3OS/c1-14(2,3)11-8-10(9-12(15-4)17-11)13(18)16-6-7-19-5/h8-9H,6-7H2,1-5H3,(H,15,17)(H,16,18). The van der Waals surface area contributed by atoms with Crippen molar-refractivity contribution in [1.29, 1.82) is 0 Å². The first-order valence-corrected chi connectivity index (χ1v) is 7.75. The van der Waals surface area contributed by atoms with Gasteiger partial charge in [-0.2, -0.15) is 11.8 Å². The molecule has 5 heteroatoms. The number of aromatic nitrogens is 1. The van der Waals surface area contributed by atoms with Crippen LogP contribution in [0.1, 0.15) is 36.8 Å². The number of nitrogens with one attached hydrogen (secondary N) is 2. The van der Waals surface area contributed by atoms with E-state index in [-0.39, 0.29) is 11.3 Å². The molecule has 19 heavy (non-hydrogen) atoms. The predicted octanol–water partition coefficient (Wildman–Crippen LogP) is 2.51. The van der Waals surface area contributed by atoms with Gasteiger partial charge >= 0.3 is 0 Å². The van der Waals surface area contributed by atoms with Gasteiger partial charge in [0.1, 0.15) is 5.82 Å². The van der Waals surface area contributed by atoms with Gasteiger partial charge in [0.2, 0.25) is 0 Å². The summed E-state index contributed by atoms with van der Waals surface area (Å²) in [6, 6.07) is 3.65. The van der Waals surface area contributed by atoms with Gasteiger partial charge in [-0.3, -0.25) is 4.79 Å². The second kappa shape index (κ2) is 6.80. The monoisotopic (exact) mass is 281 g/mol. The van der Waals surface area contributed by atoms with Gasteiger partial charge in [-0.05, 0) is 18.4 Å². The van der Waals surface area contributed by atoms with Crippen molar-refractivity contribution in [2.75, 3.05) is 30.9 Å². The number of carbonyl (C=O) groups is 1. The maximum absolute atomic E-state index is 12.1. The minimum Gasteiger partial charge on any atom is -0.373 e. The number of thioether (sulfide) groups is 1. The molecule has 0 radical (unpaired) electrons. The van der Waals surface area contributed by atoms with E-state index >= 15 is 0 Å². The van der Waals surface area contributed by atoms with E-state index in [4.69, 9.17) is 0 Å². The molecule has 0 aliphatic carbocycles. The molecule has 0 spiro atoms. The smallest absolute Gasteiger partial charge is 0.251 e. The van der Waals surface area contributed by atoms with Crippen LogP contribution in [0.3, 0.4) is 0 Å². The lowest BCUT2D eigenvalue weighted by molar-refractivity contribution is 0.0956. The Labute approximate surface area is 119 Å². The minimum absolute atomic E-state index is 0.0431. The molecular formula is C14H23N3OS. The van der Waals surface area contributed by atoms with Gasteiger partial charge in [-0.1, -0.05) is 20.8 Å². The fourth-order valence-electron chi connectivity index (χ4n) is 1.54. The number of hydrogen-bond donors (Lipinski definition) is 2. The van der Waals surface area contributed by atoms with E-state index in [1.807, 2.05) is 19.4 Å². The van der Waals surface area contributed by atoms with Crippen LogP contribution in [-0.4, -0.2) is 36.5 Å². The number of pyridine rings is 1. The number of nitrogens with zero attached hydrogens (tertiary/aromatic N) is 1. The average molecular weight is 281 g/mol. The van der Waals surface area contributed by atoms with Crippen molar-refractivity contribution in [3.05, 3.63) is 23.4 Å². The molecule has 0 aliphatic rings. The third kappa shape index (κ3) is 4.74. The fourth-order valence-corrected chi connectivity index (χ4v) is 1.85. The number of carbonyl (C=O) groups excluding carboxylic acids is 1. The Bertz CT molecular complexity index is 441. The molecule has 2 N–H and O–H groups in total. The van der Waals surface area contributed by atoms with Gasteiger partial charge in [0.05, 0.1) is 0 Å². The second-order valence-electron chi connectivity index (χ2n) is 5.38. The lowest BCUT2D eigenvalue weighted by Crippen LogP contribution is -2.26. The lowest BCUT2D eigenvalue weighted by atomic mass is 9.90. The van der Waals surface area contributed by atoms with E-state index in [9.17, 15) is 4.79 Å². The van der Waals surface area contributed by atoms with Crippen LogP contribution in [0.5, 0.6) is 0 Å². The first kappa shape index (κ1) is 15.8. The van der Waals surface area contributed by atoms with Crippen molar-refractivity contribution >= 4 is 23.5 Å². The minimum atomic E-state index is -0.0822. The summed E-state index contributed by atoms with van der Waals surface area (Å²) < 4.78 is 0. The van der Waals surface area contributed by atoms with Gasteiger partial charge in [-0.15, -0.1) is 0 Å². The van der Waals surface area contributed by atoms with E-state index in [1.54, 1.807) is 17.8 Å². The average Bonchev–Trinajstić information content (AvgIpc) is 2.37. The molecule has 1 aromatic heterocycles. The van der Waals surface area contributed by atoms with Gasteiger partial charge in [0, 0.05) is 36.0 Å². The number of hydrogen-bond acceptors (Lipinski definition) is 4. The molecule has 0 atom stereocenters. The van der Waals surface area contributed by atoms with Crippen molar-refractivity contribution in [2.45, 2.75) is 26.2 Å². The van der Waals surface area contributed by atoms with Crippen LogP contribution in [0.25, 0.3) is 0 Å². The van der Waals surface area contributed by atoms with Crippen LogP contribution < -0.4 is 10.6 Å². The van der Waals surface area contributed by atoms with E-state index in [2.05, 4.69) is 36.4 Å². The summed E-state index contributed by atoms with van der Waals surface area (Å²) in [6.45, 7) is 6.95. The maximum Gasteiger partial charge on any atom is 0.251 e. The summed E-state index contributed by atoms with van der Waals surface area (Å²) in [7, 11) is 1.81. The summed E-state index contributed by atoms with van der Waals surface area (Å²) in [5.41, 5.74) is 1.49. The Morgan fingerprint density at radius 1 is 1.37 bits per heavy atom. The Hall–Kier alpha value is -1.23. The zero-order valence-corrected chi connectivity index (χ0v) is 13.1. The van der Waals surface area contributed by atoms with Crippen LogP contribution in [0.15, 0.2) is 12.1 Å². The quantitative estimate of drug-likeness (QED) is 0.814. The van der Waals surface area contributed by atoms with Gasteiger partial charge in [0.15, 0.2) is 0 Å². The van der Waals surface area contributed by atoms with Gasteiger partial charge in [0.25, 0.3) is 5.91 Å². The van der Waals surface area contributed by atoms with E-state index in [0.717, 1.165) is 17.3 Å². The predicted molar refractivity (Wildman–Crippen MR) is 83.2 cm³/mol. The van der Waals surface area contributed by atoms with E-state index < -0.39 is 0 Å². The number of anilines is 1. The summed E-state index contributed by atoms with van der Waals surface area (Å²) in [6.07, 6.45) is 2.02. The Morgan fingerprint density at radius 2 is 2.05 bits per heavy atom. The highest BCUT2D eigenvalue weighted by atomic mass is 32.2. The molecule has 0 unspecified atom stereocenters. The largest absolute Gasteiger partial charge is 0.373 e. The zero-order valence-electron chi connectivity index (χ0n) is 12.3. The summed E-state index contributed by atoms with van der Waals surface area (Å²) in [4.78, 5) is 16.6. The Kier molecular flexibility index (Phi) is 5.66. The topological polar surface area (TPSA) is 54.0 Å². The van der Waals surface area contributed by atoms with Crippen molar-refractivity contribution < 1.29 is 4.79 Å². The first-order valence-electron chi connectivity index (χ1n) is 6.36. The van der Waals surface area contributed by atoms with E-state index in [1.165, 1.54) is 0 Å². The first-order chi connectivity index (χ1) is 8.88. The van der Waals surface area contributed by atoms with Crippen molar-refractivity contribution in [1.82, 2.24) is 10.3 Å². The summed E-state index contributed by atoms with van der Waals surface area (Å²) >= 11 is 1.71. The van der Waals surface area contributed by atoms with Crippen LogP contribution >= 0.6 is 11.8 Å². The number of rotatable bonds is 5. The van der Waals surface area contributed by atoms with Crippen LogP contribution in [0, 0.1) is 0 Å². The molecule has 1 amide bonds. The van der Waals surface area contributed by atoms with Crippen molar-refractivity contribution in [3.8, 4) is 0 Å². The fraction of sp³-hybridized carbons (Fsp3) is 0.571. The maximum atomic E-state index is 12.1. The van der Waals surface area contributed by atoms with E-state index in [0.29, 0.717) is 12.1 Å². The third-order valence-electron chi connectivity index (χ3n) is 2.70. The Morgan fingerprint density at radius 3 is 2.58 bits per heavy atom. The van der Waals surface area contributed by atoms with Crippen molar-refractivity contribution in [2.24, 2.45) is 0 Å². The molecule has 0 bridgehead atoms.